The molecule has 0 aliphatic carbocycles. The maximum atomic E-state index is 5.81. The molecule has 1 aliphatic heterocycles. The largest absolute Gasteiger partial charge is 0.394 e. The Kier molecular flexibility index (Phi) is 6.83. The fourth-order valence-electron chi connectivity index (χ4n) is 3.54. The van der Waals surface area contributed by atoms with Gasteiger partial charge in [0.1, 0.15) is 12.3 Å². The predicted octanol–water partition coefficient (Wildman–Crippen LogP) is 4.66. The number of benzene rings is 3. The van der Waals surface area contributed by atoms with Gasteiger partial charge in [-0.2, -0.15) is 0 Å². The topological polar surface area (TPSA) is 34.1 Å². The van der Waals surface area contributed by atoms with E-state index in [0.717, 1.165) is 49.7 Å². The van der Waals surface area contributed by atoms with Crippen molar-refractivity contribution >= 4 is 28.2 Å². The van der Waals surface area contributed by atoms with Crippen LogP contribution in [0.1, 0.15) is 11.1 Å². The Morgan fingerprint density at radius 2 is 1.76 bits per heavy atom. The van der Waals surface area contributed by atoms with Crippen molar-refractivity contribution in [3.05, 3.63) is 77.9 Å². The highest BCUT2D eigenvalue weighted by Gasteiger charge is 2.13. The summed E-state index contributed by atoms with van der Waals surface area (Å²) in [6.45, 7) is 4.94. The molecule has 3 aromatic rings. The molecule has 0 saturated carbocycles. The van der Waals surface area contributed by atoms with E-state index in [9.17, 15) is 0 Å². The minimum absolute atomic E-state index is 0.567. The molecule has 1 aliphatic rings. The van der Waals surface area contributed by atoms with Crippen LogP contribution in [0.2, 0.25) is 0 Å². The van der Waals surface area contributed by atoms with Gasteiger partial charge in [0.2, 0.25) is 0 Å². The van der Waals surface area contributed by atoms with Gasteiger partial charge in [0.05, 0.1) is 13.2 Å². The van der Waals surface area contributed by atoms with Gasteiger partial charge in [-0.1, -0.05) is 59.8 Å². The van der Waals surface area contributed by atoms with Gasteiger partial charge in [-0.3, -0.25) is 4.90 Å². The molecule has 1 fully saturated rings. The fourth-order valence-corrected chi connectivity index (χ4v) is 3.95. The smallest absolute Gasteiger partial charge is 0.129 e. The molecule has 0 aromatic heterocycles. The van der Waals surface area contributed by atoms with E-state index >= 15 is 0 Å². The number of ether oxygens (including phenoxy) is 1. The van der Waals surface area contributed by atoms with Crippen molar-refractivity contribution in [2.75, 3.05) is 45.7 Å². The molecule has 4 nitrogen and oxygen atoms in total. The number of fused-ring (bicyclic) bond motifs is 1. The van der Waals surface area contributed by atoms with Crippen LogP contribution >= 0.6 is 11.8 Å². The van der Waals surface area contributed by atoms with Gasteiger partial charge < -0.3 is 9.57 Å². The lowest BCUT2D eigenvalue weighted by atomic mass is 9.97. The SMILES string of the molecule is CSc1ccc(/C(=N/OCCN2CCOCC2)c2cccc3ccccc23)cc1. The Bertz CT molecular complexity index is 961. The lowest BCUT2D eigenvalue weighted by Crippen LogP contribution is -2.38. The summed E-state index contributed by atoms with van der Waals surface area (Å²) < 4.78 is 5.41. The van der Waals surface area contributed by atoms with E-state index in [1.54, 1.807) is 11.8 Å². The van der Waals surface area contributed by atoms with Crippen molar-refractivity contribution in [3.8, 4) is 0 Å². The summed E-state index contributed by atoms with van der Waals surface area (Å²) in [5.74, 6) is 0. The monoisotopic (exact) mass is 406 g/mol. The predicted molar refractivity (Wildman–Crippen MR) is 121 cm³/mol. The van der Waals surface area contributed by atoms with Crippen LogP contribution < -0.4 is 0 Å². The van der Waals surface area contributed by atoms with Crippen molar-refractivity contribution in [1.29, 1.82) is 0 Å². The van der Waals surface area contributed by atoms with Crippen LogP contribution in [0.5, 0.6) is 0 Å². The summed E-state index contributed by atoms with van der Waals surface area (Å²) in [4.78, 5) is 9.40. The molecule has 1 saturated heterocycles. The maximum Gasteiger partial charge on any atom is 0.129 e. The molecule has 3 aromatic carbocycles. The fraction of sp³-hybridized carbons (Fsp3) is 0.292. The Balaban J connectivity index is 1.61. The third-order valence-corrected chi connectivity index (χ3v) is 5.91. The van der Waals surface area contributed by atoms with Gasteiger partial charge in [-0.15, -0.1) is 11.8 Å². The Hall–Kier alpha value is -2.34. The van der Waals surface area contributed by atoms with Crippen molar-refractivity contribution in [1.82, 2.24) is 4.90 Å². The molecule has 4 rings (SSSR count). The lowest BCUT2D eigenvalue weighted by molar-refractivity contribution is 0.0212. The van der Waals surface area contributed by atoms with Crippen molar-refractivity contribution in [2.24, 2.45) is 5.16 Å². The second kappa shape index (κ2) is 9.92. The number of oxime groups is 1. The third-order valence-electron chi connectivity index (χ3n) is 5.17. The van der Waals surface area contributed by atoms with Gasteiger partial charge in [0, 0.05) is 35.7 Å². The molecule has 150 valence electrons. The van der Waals surface area contributed by atoms with Crippen molar-refractivity contribution in [3.63, 3.8) is 0 Å². The molecule has 0 spiro atoms. The molecule has 5 heteroatoms. The average Bonchev–Trinajstić information content (AvgIpc) is 2.80. The average molecular weight is 407 g/mol. The number of nitrogens with zero attached hydrogens (tertiary/aromatic N) is 2. The highest BCUT2D eigenvalue weighted by atomic mass is 32.2. The summed E-state index contributed by atoms with van der Waals surface area (Å²) in [7, 11) is 0. The first-order valence-electron chi connectivity index (χ1n) is 9.98. The summed E-state index contributed by atoms with van der Waals surface area (Å²) in [5.41, 5.74) is 3.02. The molecule has 0 N–H and O–H groups in total. The van der Waals surface area contributed by atoms with E-state index < -0.39 is 0 Å². The minimum Gasteiger partial charge on any atom is -0.394 e. The van der Waals surface area contributed by atoms with Crippen molar-refractivity contribution < 1.29 is 9.57 Å². The number of morpholine rings is 1. The zero-order valence-electron chi connectivity index (χ0n) is 16.7. The van der Waals surface area contributed by atoms with E-state index in [2.05, 4.69) is 83.0 Å². The summed E-state index contributed by atoms with van der Waals surface area (Å²) in [6, 6.07) is 23.3. The molecule has 0 radical (unpaired) electrons. The number of thioether (sulfide) groups is 1. The van der Waals surface area contributed by atoms with Crippen LogP contribution in [-0.2, 0) is 9.57 Å². The van der Waals surface area contributed by atoms with Gasteiger partial charge in [-0.25, -0.2) is 0 Å². The van der Waals surface area contributed by atoms with Gasteiger partial charge >= 0.3 is 0 Å². The van der Waals surface area contributed by atoms with Crippen LogP contribution in [0.25, 0.3) is 10.8 Å². The van der Waals surface area contributed by atoms with Crippen molar-refractivity contribution in [2.45, 2.75) is 4.90 Å². The minimum atomic E-state index is 0.567. The summed E-state index contributed by atoms with van der Waals surface area (Å²) in [6.07, 6.45) is 2.09. The summed E-state index contributed by atoms with van der Waals surface area (Å²) >= 11 is 1.74. The highest BCUT2D eigenvalue weighted by Crippen LogP contribution is 2.24. The van der Waals surface area contributed by atoms with E-state index in [1.165, 1.54) is 15.7 Å². The molecule has 0 amide bonds. The number of rotatable bonds is 7. The molecule has 0 bridgehead atoms. The second-order valence-corrected chi connectivity index (χ2v) is 7.86. The second-order valence-electron chi connectivity index (χ2n) is 6.98. The normalized spacial score (nSPS) is 15.6. The molecular formula is C24H26N2O2S. The van der Waals surface area contributed by atoms with E-state index in [1.807, 2.05) is 0 Å². The van der Waals surface area contributed by atoms with Crippen LogP contribution in [0.3, 0.4) is 0 Å². The van der Waals surface area contributed by atoms with E-state index in [4.69, 9.17) is 9.57 Å². The maximum absolute atomic E-state index is 5.81. The van der Waals surface area contributed by atoms with E-state index in [-0.39, 0.29) is 0 Å². The third kappa shape index (κ3) is 4.99. The number of hydrogen-bond donors (Lipinski definition) is 0. The quantitative estimate of drug-likeness (QED) is 0.247. The molecule has 29 heavy (non-hydrogen) atoms. The van der Waals surface area contributed by atoms with E-state index in [0.29, 0.717) is 6.61 Å². The zero-order chi connectivity index (χ0) is 19.9. The standard InChI is InChI=1S/C24H26N2O2S/c1-29-21-11-9-20(10-12-21)24(25-28-18-15-26-13-16-27-17-14-26)23-8-4-6-19-5-2-3-7-22(19)23/h2-12H,13-18H2,1H3/b25-24-. The Labute approximate surface area is 176 Å². The molecule has 0 unspecified atom stereocenters. The number of hydrogen-bond acceptors (Lipinski definition) is 5. The Morgan fingerprint density at radius 3 is 2.55 bits per heavy atom. The first-order valence-corrected chi connectivity index (χ1v) is 11.2. The van der Waals surface area contributed by atoms with Gasteiger partial charge in [0.25, 0.3) is 0 Å². The van der Waals surface area contributed by atoms with Gasteiger partial charge in [0.15, 0.2) is 0 Å². The molecule has 0 atom stereocenters. The van der Waals surface area contributed by atoms with Gasteiger partial charge in [-0.05, 0) is 29.2 Å². The summed E-state index contributed by atoms with van der Waals surface area (Å²) in [5, 5.41) is 6.99. The molecule has 1 heterocycles. The van der Waals surface area contributed by atoms with Crippen LogP contribution in [0.4, 0.5) is 0 Å². The zero-order valence-corrected chi connectivity index (χ0v) is 17.5. The van der Waals surface area contributed by atoms with Crippen LogP contribution in [0, 0.1) is 0 Å². The highest BCUT2D eigenvalue weighted by molar-refractivity contribution is 7.98. The first-order chi connectivity index (χ1) is 14.3. The molecular weight excluding hydrogens is 380 g/mol. The Morgan fingerprint density at radius 1 is 1.00 bits per heavy atom. The lowest BCUT2D eigenvalue weighted by Gasteiger charge is -2.25. The van der Waals surface area contributed by atoms with Crippen LogP contribution in [-0.4, -0.2) is 56.3 Å². The first kappa shape index (κ1) is 20.0. The van der Waals surface area contributed by atoms with Crippen LogP contribution in [0.15, 0.2) is 76.8 Å².